The summed E-state index contributed by atoms with van der Waals surface area (Å²) < 4.78 is 40.4. The minimum absolute atomic E-state index is 0.0174. The van der Waals surface area contributed by atoms with Crippen LogP contribution in [0.2, 0.25) is 0 Å². The zero-order valence-electron chi connectivity index (χ0n) is 11.3. The third-order valence-corrected chi connectivity index (χ3v) is 4.96. The second-order valence-electron chi connectivity index (χ2n) is 5.13. The fourth-order valence-corrected chi connectivity index (χ4v) is 3.70. The molecule has 0 bridgehead atoms. The van der Waals surface area contributed by atoms with Crippen LogP contribution in [0.25, 0.3) is 0 Å². The maximum Gasteiger partial charge on any atom is 0.240 e. The van der Waals surface area contributed by atoms with Crippen molar-refractivity contribution in [1.29, 1.82) is 0 Å². The lowest BCUT2D eigenvalue weighted by molar-refractivity contribution is 0.242. The van der Waals surface area contributed by atoms with Crippen LogP contribution in [0.5, 0.6) is 0 Å². The number of nitrogens with one attached hydrogen (secondary N) is 1. The van der Waals surface area contributed by atoms with Gasteiger partial charge in [-0.05, 0) is 44.6 Å². The van der Waals surface area contributed by atoms with E-state index in [4.69, 9.17) is 5.11 Å². The Balaban J connectivity index is 2.17. The van der Waals surface area contributed by atoms with Crippen molar-refractivity contribution in [2.24, 2.45) is 0 Å². The number of likely N-dealkylation sites (tertiary alicyclic amines) is 1. The Morgan fingerprint density at radius 1 is 1.50 bits per heavy atom. The largest absolute Gasteiger partial charge is 0.392 e. The number of likely N-dealkylation sites (N-methyl/N-ethyl adjacent to an activating group) is 1. The van der Waals surface area contributed by atoms with Gasteiger partial charge in [-0.3, -0.25) is 0 Å². The summed E-state index contributed by atoms with van der Waals surface area (Å²) in [6.45, 7) is 1.10. The molecule has 1 atom stereocenters. The van der Waals surface area contributed by atoms with E-state index in [1.165, 1.54) is 12.1 Å². The predicted molar refractivity (Wildman–Crippen MR) is 73.2 cm³/mol. The number of sulfonamides is 1. The highest BCUT2D eigenvalue weighted by atomic mass is 32.2. The SMILES string of the molecule is CN1CCCC(NS(=O)(=O)c2ccc(F)c(CO)c2)C1. The van der Waals surface area contributed by atoms with E-state index < -0.39 is 22.4 Å². The number of hydrogen-bond donors (Lipinski definition) is 2. The van der Waals surface area contributed by atoms with E-state index in [1.54, 1.807) is 0 Å². The third-order valence-electron chi connectivity index (χ3n) is 3.44. The monoisotopic (exact) mass is 302 g/mol. The van der Waals surface area contributed by atoms with Crippen LogP contribution < -0.4 is 4.72 Å². The van der Waals surface area contributed by atoms with Crippen LogP contribution in [-0.2, 0) is 16.6 Å². The molecule has 20 heavy (non-hydrogen) atoms. The van der Waals surface area contributed by atoms with Gasteiger partial charge in [0.25, 0.3) is 0 Å². The standard InChI is InChI=1S/C13H19FN2O3S/c1-16-6-2-3-11(8-16)15-20(18,19)12-4-5-13(14)10(7-12)9-17/h4-5,7,11,15,17H,2-3,6,8-9H2,1H3. The summed E-state index contributed by atoms with van der Waals surface area (Å²) in [5.74, 6) is -0.608. The van der Waals surface area contributed by atoms with E-state index >= 15 is 0 Å². The van der Waals surface area contributed by atoms with Crippen molar-refractivity contribution in [2.45, 2.75) is 30.4 Å². The highest BCUT2D eigenvalue weighted by Crippen LogP contribution is 2.17. The van der Waals surface area contributed by atoms with Gasteiger partial charge in [-0.2, -0.15) is 0 Å². The first-order chi connectivity index (χ1) is 9.42. The first kappa shape index (κ1) is 15.4. The first-order valence-electron chi connectivity index (χ1n) is 6.52. The van der Waals surface area contributed by atoms with Crippen molar-refractivity contribution in [1.82, 2.24) is 9.62 Å². The third kappa shape index (κ3) is 3.54. The van der Waals surface area contributed by atoms with Gasteiger partial charge in [0.1, 0.15) is 5.82 Å². The molecular weight excluding hydrogens is 283 g/mol. The van der Waals surface area contributed by atoms with Crippen LogP contribution >= 0.6 is 0 Å². The fraction of sp³-hybridized carbons (Fsp3) is 0.538. The Bertz CT molecular complexity index is 577. The summed E-state index contributed by atoms with van der Waals surface area (Å²) in [5.41, 5.74) is -0.0198. The molecule has 1 unspecified atom stereocenters. The van der Waals surface area contributed by atoms with Crippen molar-refractivity contribution in [3.8, 4) is 0 Å². The second-order valence-corrected chi connectivity index (χ2v) is 6.85. The molecule has 1 aromatic carbocycles. The van der Waals surface area contributed by atoms with Crippen molar-refractivity contribution in [3.63, 3.8) is 0 Å². The molecule has 0 radical (unpaired) electrons. The van der Waals surface area contributed by atoms with Gasteiger partial charge in [0.15, 0.2) is 0 Å². The van der Waals surface area contributed by atoms with E-state index in [0.717, 1.165) is 25.5 Å². The topological polar surface area (TPSA) is 69.6 Å². The molecule has 1 aromatic rings. The number of rotatable bonds is 4. The number of piperidine rings is 1. The molecule has 0 aromatic heterocycles. The van der Waals surface area contributed by atoms with Crippen LogP contribution in [0.15, 0.2) is 23.1 Å². The lowest BCUT2D eigenvalue weighted by atomic mass is 10.1. The molecule has 7 heteroatoms. The van der Waals surface area contributed by atoms with E-state index in [1.807, 2.05) is 7.05 Å². The van der Waals surface area contributed by atoms with Crippen LogP contribution in [0.4, 0.5) is 4.39 Å². The maximum absolute atomic E-state index is 13.3. The Kier molecular flexibility index (Phi) is 4.74. The Morgan fingerprint density at radius 3 is 2.90 bits per heavy atom. The van der Waals surface area contributed by atoms with Gasteiger partial charge < -0.3 is 10.0 Å². The van der Waals surface area contributed by atoms with Crippen molar-refractivity contribution >= 4 is 10.0 Å². The average molecular weight is 302 g/mol. The van der Waals surface area contributed by atoms with E-state index in [-0.39, 0.29) is 16.5 Å². The Hall–Kier alpha value is -1.02. The number of aliphatic hydroxyl groups excluding tert-OH is 1. The Labute approximate surface area is 118 Å². The van der Waals surface area contributed by atoms with Gasteiger partial charge >= 0.3 is 0 Å². The summed E-state index contributed by atoms with van der Waals surface area (Å²) in [6, 6.07) is 3.31. The van der Waals surface area contributed by atoms with E-state index in [9.17, 15) is 12.8 Å². The summed E-state index contributed by atoms with van der Waals surface area (Å²) >= 11 is 0. The van der Waals surface area contributed by atoms with Crippen molar-refractivity contribution < 1.29 is 17.9 Å². The summed E-state index contributed by atoms with van der Waals surface area (Å²) in [7, 11) is -1.74. The average Bonchev–Trinajstić information content (AvgIpc) is 2.38. The molecule has 1 aliphatic heterocycles. The number of halogens is 1. The van der Waals surface area contributed by atoms with Gasteiger partial charge in [-0.25, -0.2) is 17.5 Å². The van der Waals surface area contributed by atoms with Crippen LogP contribution in [-0.4, -0.2) is 44.6 Å². The van der Waals surface area contributed by atoms with Gasteiger partial charge in [0.2, 0.25) is 10.0 Å². The van der Waals surface area contributed by atoms with Crippen LogP contribution in [0.1, 0.15) is 18.4 Å². The highest BCUT2D eigenvalue weighted by molar-refractivity contribution is 7.89. The van der Waals surface area contributed by atoms with Gasteiger partial charge in [0.05, 0.1) is 11.5 Å². The number of hydrogen-bond acceptors (Lipinski definition) is 4. The molecule has 112 valence electrons. The molecule has 1 saturated heterocycles. The molecule has 2 N–H and O–H groups in total. The maximum atomic E-state index is 13.3. The zero-order valence-corrected chi connectivity index (χ0v) is 12.2. The molecule has 5 nitrogen and oxygen atoms in total. The van der Waals surface area contributed by atoms with Crippen molar-refractivity contribution in [3.05, 3.63) is 29.6 Å². The second kappa shape index (κ2) is 6.17. The highest BCUT2D eigenvalue weighted by Gasteiger charge is 2.24. The van der Waals surface area contributed by atoms with E-state index in [0.29, 0.717) is 6.54 Å². The van der Waals surface area contributed by atoms with E-state index in [2.05, 4.69) is 9.62 Å². The molecule has 1 heterocycles. The minimum atomic E-state index is -3.69. The summed E-state index contributed by atoms with van der Waals surface area (Å²) in [5, 5.41) is 9.00. The summed E-state index contributed by atoms with van der Waals surface area (Å²) in [6.07, 6.45) is 1.73. The smallest absolute Gasteiger partial charge is 0.240 e. The van der Waals surface area contributed by atoms with Crippen molar-refractivity contribution in [2.75, 3.05) is 20.1 Å². The minimum Gasteiger partial charge on any atom is -0.392 e. The molecule has 2 rings (SSSR count). The molecule has 0 saturated carbocycles. The van der Waals surface area contributed by atoms with Gasteiger partial charge in [-0.15, -0.1) is 0 Å². The first-order valence-corrected chi connectivity index (χ1v) is 8.01. The normalized spacial score (nSPS) is 21.1. The molecule has 0 amide bonds. The molecule has 0 spiro atoms. The van der Waals surface area contributed by atoms with Crippen LogP contribution in [0, 0.1) is 5.82 Å². The summed E-state index contributed by atoms with van der Waals surface area (Å²) in [4.78, 5) is 2.05. The number of benzene rings is 1. The molecular formula is C13H19FN2O3S. The lowest BCUT2D eigenvalue weighted by Gasteiger charge is -2.30. The fourth-order valence-electron chi connectivity index (χ4n) is 2.39. The van der Waals surface area contributed by atoms with Crippen LogP contribution in [0.3, 0.4) is 0 Å². The molecule has 0 aliphatic carbocycles. The Morgan fingerprint density at radius 2 is 2.25 bits per heavy atom. The predicted octanol–water partition coefficient (Wildman–Crippen LogP) is 0.691. The number of nitrogens with zero attached hydrogens (tertiary/aromatic N) is 1. The lowest BCUT2D eigenvalue weighted by Crippen LogP contribution is -2.46. The number of aliphatic hydroxyl groups is 1. The van der Waals surface area contributed by atoms with Gasteiger partial charge in [0, 0.05) is 18.2 Å². The molecule has 1 fully saturated rings. The molecule has 1 aliphatic rings. The quantitative estimate of drug-likeness (QED) is 0.858. The zero-order chi connectivity index (χ0) is 14.8. The van der Waals surface area contributed by atoms with Gasteiger partial charge in [-0.1, -0.05) is 0 Å².